The summed E-state index contributed by atoms with van der Waals surface area (Å²) in [6.45, 7) is 5.33. The van der Waals surface area contributed by atoms with E-state index in [0.717, 1.165) is 31.0 Å². The minimum atomic E-state index is -0.738. The highest BCUT2D eigenvalue weighted by molar-refractivity contribution is 5.94. The molecule has 0 aromatic heterocycles. The lowest BCUT2D eigenvalue weighted by atomic mass is 9.96. The quantitative estimate of drug-likeness (QED) is 0.577. The van der Waals surface area contributed by atoms with Crippen molar-refractivity contribution >= 4 is 11.9 Å². The number of esters is 1. The maximum Gasteiger partial charge on any atom is 0.309 e. The number of piperidine rings is 1. The molecule has 1 amide bonds. The minimum absolute atomic E-state index is 0.229. The van der Waals surface area contributed by atoms with Crippen LogP contribution in [0.3, 0.4) is 0 Å². The Morgan fingerprint density at radius 1 is 1.24 bits per heavy atom. The first kappa shape index (κ1) is 19.3. The zero-order valence-corrected chi connectivity index (χ0v) is 14.8. The maximum absolute atomic E-state index is 13.7. The Morgan fingerprint density at radius 3 is 2.56 bits per heavy atom. The van der Waals surface area contributed by atoms with Crippen LogP contribution in [0.5, 0.6) is 0 Å². The molecule has 1 aliphatic heterocycles. The number of amides is 1. The second-order valence-electron chi connectivity index (χ2n) is 6.89. The van der Waals surface area contributed by atoms with E-state index in [-0.39, 0.29) is 17.5 Å². The van der Waals surface area contributed by atoms with Crippen LogP contribution >= 0.6 is 0 Å². The summed E-state index contributed by atoms with van der Waals surface area (Å²) in [5, 5.41) is 0. The van der Waals surface area contributed by atoms with E-state index in [2.05, 4.69) is 13.8 Å². The van der Waals surface area contributed by atoms with E-state index in [1.807, 2.05) is 0 Å². The molecule has 4 nitrogen and oxygen atoms in total. The number of halogens is 2. The molecule has 1 aromatic rings. The molecule has 2 rings (SSSR count). The first-order valence-electron chi connectivity index (χ1n) is 8.79. The molecule has 25 heavy (non-hydrogen) atoms. The van der Waals surface area contributed by atoms with Crippen molar-refractivity contribution in [1.82, 2.24) is 4.90 Å². The van der Waals surface area contributed by atoms with Gasteiger partial charge >= 0.3 is 5.97 Å². The number of hydrogen-bond acceptors (Lipinski definition) is 3. The SMILES string of the molecule is CC(C)CCCOC(=O)C1CCN(C(=O)c2cc(F)ccc2F)CC1. The predicted octanol–water partition coefficient (Wildman–Crippen LogP) is 3.80. The van der Waals surface area contributed by atoms with Crippen molar-refractivity contribution in [2.24, 2.45) is 11.8 Å². The zero-order valence-electron chi connectivity index (χ0n) is 14.8. The standard InChI is InChI=1S/C19H25F2NO3/c1-13(2)4-3-11-25-19(24)14-7-9-22(10-8-14)18(23)16-12-15(20)5-6-17(16)21/h5-6,12-14H,3-4,7-11H2,1-2H3. The van der Waals surface area contributed by atoms with Crippen LogP contribution in [0, 0.1) is 23.5 Å². The molecule has 1 aromatic carbocycles. The first-order valence-corrected chi connectivity index (χ1v) is 8.79. The van der Waals surface area contributed by atoms with E-state index >= 15 is 0 Å². The highest BCUT2D eigenvalue weighted by Crippen LogP contribution is 2.22. The molecule has 0 bridgehead atoms. The summed E-state index contributed by atoms with van der Waals surface area (Å²) in [6, 6.07) is 2.84. The fraction of sp³-hybridized carbons (Fsp3) is 0.579. The third-order valence-corrected chi connectivity index (χ3v) is 4.44. The summed E-state index contributed by atoms with van der Waals surface area (Å²) >= 11 is 0. The number of rotatable bonds is 6. The Morgan fingerprint density at radius 2 is 1.92 bits per heavy atom. The van der Waals surface area contributed by atoms with Crippen LogP contribution in [-0.2, 0) is 9.53 Å². The Bertz CT molecular complexity index is 611. The number of carbonyl (C=O) groups excluding carboxylic acids is 2. The smallest absolute Gasteiger partial charge is 0.309 e. The van der Waals surface area contributed by atoms with Gasteiger partial charge in [0.2, 0.25) is 0 Å². The van der Waals surface area contributed by atoms with Gasteiger partial charge in [-0.2, -0.15) is 0 Å². The lowest BCUT2D eigenvalue weighted by Crippen LogP contribution is -2.41. The van der Waals surface area contributed by atoms with Crippen LogP contribution in [0.4, 0.5) is 8.78 Å². The molecule has 0 spiro atoms. The van der Waals surface area contributed by atoms with Crippen LogP contribution in [-0.4, -0.2) is 36.5 Å². The highest BCUT2D eigenvalue weighted by Gasteiger charge is 2.29. The van der Waals surface area contributed by atoms with Crippen molar-refractivity contribution in [1.29, 1.82) is 0 Å². The van der Waals surface area contributed by atoms with E-state index in [4.69, 9.17) is 4.74 Å². The van der Waals surface area contributed by atoms with Crippen molar-refractivity contribution in [3.8, 4) is 0 Å². The van der Waals surface area contributed by atoms with Crippen molar-refractivity contribution in [3.05, 3.63) is 35.4 Å². The Labute approximate surface area is 147 Å². The summed E-state index contributed by atoms with van der Waals surface area (Å²) in [5.41, 5.74) is -0.269. The van der Waals surface area contributed by atoms with Gasteiger partial charge < -0.3 is 9.64 Å². The van der Waals surface area contributed by atoms with Crippen LogP contribution in [0.2, 0.25) is 0 Å². The van der Waals surface area contributed by atoms with E-state index < -0.39 is 17.5 Å². The summed E-state index contributed by atoms with van der Waals surface area (Å²) in [7, 11) is 0. The maximum atomic E-state index is 13.7. The van der Waals surface area contributed by atoms with Gasteiger partial charge in [-0.15, -0.1) is 0 Å². The largest absolute Gasteiger partial charge is 0.465 e. The minimum Gasteiger partial charge on any atom is -0.465 e. The second kappa shape index (κ2) is 8.92. The Balaban J connectivity index is 1.81. The summed E-state index contributed by atoms with van der Waals surface area (Å²) < 4.78 is 32.3. The van der Waals surface area contributed by atoms with E-state index in [1.54, 1.807) is 0 Å². The average molecular weight is 353 g/mol. The van der Waals surface area contributed by atoms with E-state index in [9.17, 15) is 18.4 Å². The first-order chi connectivity index (χ1) is 11.9. The molecule has 0 radical (unpaired) electrons. The van der Waals surface area contributed by atoms with Gasteiger partial charge in [0.25, 0.3) is 5.91 Å². The van der Waals surface area contributed by atoms with Crippen LogP contribution in [0.25, 0.3) is 0 Å². The van der Waals surface area contributed by atoms with Crippen molar-refractivity contribution in [2.75, 3.05) is 19.7 Å². The lowest BCUT2D eigenvalue weighted by molar-refractivity contribution is -0.150. The number of benzene rings is 1. The van der Waals surface area contributed by atoms with E-state index in [1.165, 1.54) is 4.90 Å². The number of likely N-dealkylation sites (tertiary alicyclic amines) is 1. The Hall–Kier alpha value is -1.98. The Kier molecular flexibility index (Phi) is 6.91. The molecule has 0 atom stereocenters. The van der Waals surface area contributed by atoms with Gasteiger partial charge in [-0.25, -0.2) is 8.78 Å². The van der Waals surface area contributed by atoms with Crippen molar-refractivity contribution < 1.29 is 23.1 Å². The fourth-order valence-electron chi connectivity index (χ4n) is 2.93. The molecular weight excluding hydrogens is 328 g/mol. The molecule has 0 N–H and O–H groups in total. The molecule has 0 unspecified atom stereocenters. The van der Waals surface area contributed by atoms with Gasteiger partial charge in [0.1, 0.15) is 11.6 Å². The summed E-state index contributed by atoms with van der Waals surface area (Å²) in [5.74, 6) is -1.81. The van der Waals surface area contributed by atoms with Gasteiger partial charge in [-0.05, 0) is 49.8 Å². The van der Waals surface area contributed by atoms with E-state index in [0.29, 0.717) is 38.5 Å². The number of ether oxygens (including phenoxy) is 1. The zero-order chi connectivity index (χ0) is 18.4. The monoisotopic (exact) mass is 353 g/mol. The normalized spacial score (nSPS) is 15.5. The third-order valence-electron chi connectivity index (χ3n) is 4.44. The summed E-state index contributed by atoms with van der Waals surface area (Å²) in [4.78, 5) is 25.8. The molecule has 0 saturated carbocycles. The van der Waals surface area contributed by atoms with Gasteiger partial charge in [0.05, 0.1) is 18.1 Å². The van der Waals surface area contributed by atoms with Gasteiger partial charge in [-0.1, -0.05) is 13.8 Å². The van der Waals surface area contributed by atoms with Gasteiger partial charge in [0, 0.05) is 13.1 Å². The third kappa shape index (κ3) is 5.51. The predicted molar refractivity (Wildman–Crippen MR) is 90.0 cm³/mol. The molecule has 138 valence electrons. The van der Waals surface area contributed by atoms with Crippen molar-refractivity contribution in [3.63, 3.8) is 0 Å². The molecule has 6 heteroatoms. The second-order valence-corrected chi connectivity index (χ2v) is 6.89. The number of hydrogen-bond donors (Lipinski definition) is 0. The molecule has 0 aliphatic carbocycles. The van der Waals surface area contributed by atoms with Crippen LogP contribution in [0.15, 0.2) is 18.2 Å². The molecule has 1 aliphatic rings. The molecular formula is C19H25F2NO3. The molecule has 1 saturated heterocycles. The van der Waals surface area contributed by atoms with Crippen LogP contribution < -0.4 is 0 Å². The molecule has 1 fully saturated rings. The number of nitrogens with zero attached hydrogens (tertiary/aromatic N) is 1. The lowest BCUT2D eigenvalue weighted by Gasteiger charge is -2.31. The topological polar surface area (TPSA) is 46.6 Å². The summed E-state index contributed by atoms with van der Waals surface area (Å²) in [6.07, 6.45) is 2.82. The van der Waals surface area contributed by atoms with Gasteiger partial charge in [-0.3, -0.25) is 9.59 Å². The van der Waals surface area contributed by atoms with Gasteiger partial charge in [0.15, 0.2) is 0 Å². The van der Waals surface area contributed by atoms with Crippen molar-refractivity contribution in [2.45, 2.75) is 39.5 Å². The van der Waals surface area contributed by atoms with Crippen LogP contribution in [0.1, 0.15) is 49.9 Å². The molecule has 1 heterocycles. The fourth-order valence-corrected chi connectivity index (χ4v) is 2.93. The number of carbonyl (C=O) groups is 2. The highest BCUT2D eigenvalue weighted by atomic mass is 19.1. The average Bonchev–Trinajstić information content (AvgIpc) is 2.60.